The first-order chi connectivity index (χ1) is 19.5. The van der Waals surface area contributed by atoms with Gasteiger partial charge in [0.2, 0.25) is 0 Å². The Morgan fingerprint density at radius 3 is 2.26 bits per heavy atom. The Bertz CT molecular complexity index is 1480. The molecule has 3 aromatic rings. The number of alkyl halides is 2. The molecule has 0 fully saturated rings. The summed E-state index contributed by atoms with van der Waals surface area (Å²) in [6.07, 6.45) is -0.290. The fourth-order valence-corrected chi connectivity index (χ4v) is 4.15. The van der Waals surface area contributed by atoms with Gasteiger partial charge in [0.15, 0.2) is 5.60 Å². The van der Waals surface area contributed by atoms with E-state index in [0.29, 0.717) is 22.1 Å². The van der Waals surface area contributed by atoms with Gasteiger partial charge in [-0.15, -0.1) is 4.41 Å². The summed E-state index contributed by atoms with van der Waals surface area (Å²) in [4.78, 5) is 27.7. The Morgan fingerprint density at radius 2 is 1.74 bits per heavy atom. The number of carbonyl (C=O) groups excluding carboxylic acids is 2. The van der Waals surface area contributed by atoms with Gasteiger partial charge in [-0.25, -0.2) is 19.0 Å². The number of pyridine rings is 1. The number of nitrogens with one attached hydrogen (secondary N) is 1. The smallest absolute Gasteiger partial charge is 0.423 e. The lowest BCUT2D eigenvalue weighted by Crippen LogP contribution is -2.55. The van der Waals surface area contributed by atoms with Crippen LogP contribution in [-0.4, -0.2) is 38.0 Å². The summed E-state index contributed by atoms with van der Waals surface area (Å²) in [7, 11) is 0. The van der Waals surface area contributed by atoms with Gasteiger partial charge in [0.25, 0.3) is 5.24 Å². The van der Waals surface area contributed by atoms with E-state index in [1.807, 2.05) is 11.5 Å². The Labute approximate surface area is 242 Å². The second-order valence-electron chi connectivity index (χ2n) is 9.74. The second kappa shape index (κ2) is 12.6. The molecule has 10 nitrogen and oxygen atoms in total. The summed E-state index contributed by atoms with van der Waals surface area (Å²) in [6, 6.07) is 11.3. The lowest BCUT2D eigenvalue weighted by Gasteiger charge is -2.38. The lowest BCUT2D eigenvalue weighted by molar-refractivity contribution is -0.204. The summed E-state index contributed by atoms with van der Waals surface area (Å²) in [5.74, 6) is -6.82. The Hall–Kier alpha value is -4.39. The molecule has 0 aliphatic rings. The number of nitrogens with zero attached hydrogens (tertiary/aromatic N) is 3. The van der Waals surface area contributed by atoms with Gasteiger partial charge >= 0.3 is 12.0 Å². The largest absolute Gasteiger partial charge is 0.456 e. The minimum Gasteiger partial charge on any atom is -0.456 e. The third-order valence-electron chi connectivity index (χ3n) is 5.36. The molecular formula is C27H25F4N5O5S. The normalized spacial score (nSPS) is 13.1. The summed E-state index contributed by atoms with van der Waals surface area (Å²) in [5.41, 5.74) is 0.796. The van der Waals surface area contributed by atoms with Crippen LogP contribution in [0, 0.1) is 23.0 Å². The summed E-state index contributed by atoms with van der Waals surface area (Å²) in [6.45, 7) is 3.17. The average molecular weight is 608 g/mol. The zero-order valence-electron chi connectivity index (χ0n) is 22.4. The number of halogens is 4. The van der Waals surface area contributed by atoms with E-state index in [0.717, 1.165) is 18.3 Å². The first kappa shape index (κ1) is 32.1. The van der Waals surface area contributed by atoms with Crippen molar-refractivity contribution in [2.24, 2.45) is 5.73 Å². The first-order valence-electron chi connectivity index (χ1n) is 12.0. The minimum absolute atomic E-state index is 0.00765. The van der Waals surface area contributed by atoms with Crippen molar-refractivity contribution in [3.05, 3.63) is 89.2 Å². The molecule has 42 heavy (non-hydrogen) atoms. The van der Waals surface area contributed by atoms with Crippen LogP contribution in [0.3, 0.4) is 0 Å². The molecule has 0 bridgehead atoms. The molecule has 3 rings (SSSR count). The molecule has 0 radical (unpaired) electrons. The van der Waals surface area contributed by atoms with Crippen molar-refractivity contribution in [1.82, 2.24) is 14.8 Å². The molecule has 1 unspecified atom stereocenters. The standard InChI is InChI=1S/C27H25F4N5O5S/c1-25(2,3)41-24(38)35-36(42-23(33)37)15-26(39,20-10-6-17(28)12-21(20)29)27(30,31)22-11-9-19(14-34-22)40-18-7-4-16(13-32)5-8-18/h4-12,14,39H,15H2,1-3H3,(H2,33,37)(H,35,38). The van der Waals surface area contributed by atoms with Gasteiger partial charge in [-0.05, 0) is 63.2 Å². The highest BCUT2D eigenvalue weighted by atomic mass is 32.2. The number of hydrazine groups is 1. The predicted octanol–water partition coefficient (Wildman–Crippen LogP) is 5.47. The molecule has 2 amide bonds. The highest BCUT2D eigenvalue weighted by Gasteiger charge is 2.58. The maximum absolute atomic E-state index is 16.2. The van der Waals surface area contributed by atoms with E-state index in [-0.39, 0.29) is 29.5 Å². The van der Waals surface area contributed by atoms with E-state index >= 15 is 8.78 Å². The van der Waals surface area contributed by atoms with Crippen LogP contribution in [0.4, 0.5) is 27.2 Å². The number of hydrogen-bond donors (Lipinski definition) is 3. The molecule has 15 heteroatoms. The van der Waals surface area contributed by atoms with Crippen LogP contribution in [0.15, 0.2) is 60.8 Å². The number of aromatic nitrogens is 1. The lowest BCUT2D eigenvalue weighted by atomic mass is 9.84. The number of nitriles is 1. The Balaban J connectivity index is 2.01. The van der Waals surface area contributed by atoms with E-state index in [2.05, 4.69) is 4.98 Å². The number of benzene rings is 2. The molecule has 1 heterocycles. The van der Waals surface area contributed by atoms with E-state index in [1.165, 1.54) is 45.0 Å². The molecule has 2 aromatic carbocycles. The minimum atomic E-state index is -4.44. The topological polar surface area (TPSA) is 151 Å². The van der Waals surface area contributed by atoms with Crippen LogP contribution in [0.5, 0.6) is 11.5 Å². The number of amides is 2. The van der Waals surface area contributed by atoms with Crippen molar-refractivity contribution in [1.29, 1.82) is 5.26 Å². The van der Waals surface area contributed by atoms with Crippen molar-refractivity contribution >= 4 is 23.3 Å². The van der Waals surface area contributed by atoms with Crippen molar-refractivity contribution < 1.29 is 41.7 Å². The van der Waals surface area contributed by atoms with Crippen LogP contribution in [0.25, 0.3) is 0 Å². The summed E-state index contributed by atoms with van der Waals surface area (Å²) >= 11 is 0.0119. The highest BCUT2D eigenvalue weighted by Crippen LogP contribution is 2.47. The van der Waals surface area contributed by atoms with Gasteiger partial charge in [-0.1, -0.05) is 6.07 Å². The van der Waals surface area contributed by atoms with E-state index in [9.17, 15) is 23.5 Å². The van der Waals surface area contributed by atoms with Gasteiger partial charge in [-0.2, -0.15) is 14.0 Å². The molecule has 0 saturated heterocycles. The third kappa shape index (κ3) is 7.87. The maximum Gasteiger partial charge on any atom is 0.423 e. The van der Waals surface area contributed by atoms with Gasteiger partial charge < -0.3 is 20.3 Å². The number of aliphatic hydroxyl groups is 1. The van der Waals surface area contributed by atoms with Crippen molar-refractivity contribution in [2.75, 3.05) is 6.54 Å². The number of primary amides is 1. The van der Waals surface area contributed by atoms with Crippen molar-refractivity contribution in [2.45, 2.75) is 37.9 Å². The molecule has 1 atom stereocenters. The SMILES string of the molecule is CC(C)(C)OC(=O)NN(CC(O)(c1ccc(F)cc1F)C(F)(F)c1ccc(Oc2ccc(C#N)cc2)cn1)SC(N)=O. The number of hydrogen-bond acceptors (Lipinski definition) is 9. The van der Waals surface area contributed by atoms with Crippen molar-refractivity contribution in [3.8, 4) is 17.6 Å². The molecule has 0 aliphatic heterocycles. The van der Waals surface area contributed by atoms with Gasteiger partial charge in [0.05, 0.1) is 24.4 Å². The van der Waals surface area contributed by atoms with E-state index in [4.69, 9.17) is 20.5 Å². The van der Waals surface area contributed by atoms with Crippen LogP contribution < -0.4 is 15.9 Å². The molecule has 0 spiro atoms. The first-order valence-corrected chi connectivity index (χ1v) is 12.8. The van der Waals surface area contributed by atoms with Crippen LogP contribution in [-0.2, 0) is 16.3 Å². The molecule has 1 aromatic heterocycles. The van der Waals surface area contributed by atoms with Gasteiger partial charge in [0.1, 0.15) is 34.4 Å². The number of carbonyl (C=O) groups is 2. The highest BCUT2D eigenvalue weighted by molar-refractivity contribution is 8.11. The Morgan fingerprint density at radius 1 is 1.10 bits per heavy atom. The molecular weight excluding hydrogens is 582 g/mol. The van der Waals surface area contributed by atoms with E-state index in [1.54, 1.807) is 0 Å². The second-order valence-corrected chi connectivity index (χ2v) is 10.8. The molecule has 4 N–H and O–H groups in total. The molecule has 222 valence electrons. The average Bonchev–Trinajstić information content (AvgIpc) is 2.87. The zero-order chi connectivity index (χ0) is 31.3. The summed E-state index contributed by atoms with van der Waals surface area (Å²) < 4.78 is 72.0. The van der Waals surface area contributed by atoms with Crippen molar-refractivity contribution in [3.63, 3.8) is 0 Å². The number of nitrogens with two attached hydrogens (primary N) is 1. The predicted molar refractivity (Wildman–Crippen MR) is 143 cm³/mol. The molecule has 0 aliphatic carbocycles. The fourth-order valence-electron chi connectivity index (χ4n) is 3.56. The van der Waals surface area contributed by atoms with Gasteiger partial charge in [-0.3, -0.25) is 9.78 Å². The van der Waals surface area contributed by atoms with Crippen LogP contribution >= 0.6 is 11.9 Å². The maximum atomic E-state index is 16.2. The third-order valence-corrected chi connectivity index (χ3v) is 5.98. The zero-order valence-corrected chi connectivity index (χ0v) is 23.2. The number of rotatable bonds is 9. The van der Waals surface area contributed by atoms with E-state index < -0.39 is 57.9 Å². The van der Waals surface area contributed by atoms with Crippen LogP contribution in [0.1, 0.15) is 37.6 Å². The molecule has 0 saturated carbocycles. The Kier molecular flexibility index (Phi) is 9.67. The summed E-state index contributed by atoms with van der Waals surface area (Å²) in [5, 5.41) is 19.2. The number of ether oxygens (including phenoxy) is 2. The quantitative estimate of drug-likeness (QED) is 0.163. The van der Waals surface area contributed by atoms with Gasteiger partial charge in [0, 0.05) is 23.6 Å². The fraction of sp³-hybridized carbons (Fsp3) is 0.259. The van der Waals surface area contributed by atoms with Crippen LogP contribution in [0.2, 0.25) is 0 Å². The monoisotopic (exact) mass is 607 g/mol.